The molecule has 0 unspecified atom stereocenters. The van der Waals surface area contributed by atoms with Crippen molar-refractivity contribution in [1.29, 1.82) is 0 Å². The summed E-state index contributed by atoms with van der Waals surface area (Å²) in [6, 6.07) is 4.28. The lowest BCUT2D eigenvalue weighted by Gasteiger charge is -2.22. The molecule has 1 aromatic rings. The Morgan fingerprint density at radius 1 is 1.17 bits per heavy atom. The largest absolute Gasteiger partial charge is 0.330 e. The van der Waals surface area contributed by atoms with Crippen molar-refractivity contribution in [3.8, 4) is 0 Å². The number of carbonyl (C=O) groups excluding carboxylic acids is 1. The lowest BCUT2D eigenvalue weighted by molar-refractivity contribution is 0.0979. The van der Waals surface area contributed by atoms with E-state index in [2.05, 4.69) is 32.9 Å². The fourth-order valence-electron chi connectivity index (χ4n) is 2.22. The standard InChI is InChI=1S/C16H25NO/c1-11-9-13(16(3,4)5)10-12(2)15(11)14(18)7-6-8-17/h9-10H,6-8,17H2,1-5H3. The van der Waals surface area contributed by atoms with Crippen LogP contribution in [0.3, 0.4) is 0 Å². The number of carbonyl (C=O) groups is 1. The summed E-state index contributed by atoms with van der Waals surface area (Å²) in [5.74, 6) is 0.218. The van der Waals surface area contributed by atoms with Crippen LogP contribution in [-0.4, -0.2) is 12.3 Å². The SMILES string of the molecule is Cc1cc(C(C)(C)C)cc(C)c1C(=O)CCCN. The Labute approximate surface area is 111 Å². The summed E-state index contributed by atoms with van der Waals surface area (Å²) in [5.41, 5.74) is 9.92. The zero-order chi connectivity index (χ0) is 13.9. The first-order chi connectivity index (χ1) is 8.27. The predicted molar refractivity (Wildman–Crippen MR) is 77.2 cm³/mol. The van der Waals surface area contributed by atoms with Gasteiger partial charge in [0.2, 0.25) is 0 Å². The van der Waals surface area contributed by atoms with Crippen LogP contribution in [0, 0.1) is 13.8 Å². The van der Waals surface area contributed by atoms with E-state index in [0.717, 1.165) is 23.1 Å². The fourth-order valence-corrected chi connectivity index (χ4v) is 2.22. The van der Waals surface area contributed by atoms with Crippen molar-refractivity contribution in [3.63, 3.8) is 0 Å². The number of hydrogen-bond acceptors (Lipinski definition) is 2. The minimum absolute atomic E-state index is 0.119. The van der Waals surface area contributed by atoms with Gasteiger partial charge >= 0.3 is 0 Å². The summed E-state index contributed by atoms with van der Waals surface area (Å²) in [6.07, 6.45) is 1.31. The minimum atomic E-state index is 0.119. The Morgan fingerprint density at radius 3 is 2.06 bits per heavy atom. The highest BCUT2D eigenvalue weighted by atomic mass is 16.1. The van der Waals surface area contributed by atoms with Crippen LogP contribution in [-0.2, 0) is 5.41 Å². The molecule has 0 amide bonds. The van der Waals surface area contributed by atoms with Gasteiger partial charge in [-0.2, -0.15) is 0 Å². The summed E-state index contributed by atoms with van der Waals surface area (Å²) in [7, 11) is 0. The van der Waals surface area contributed by atoms with Gasteiger partial charge in [0.1, 0.15) is 0 Å². The first kappa shape index (κ1) is 14.9. The maximum absolute atomic E-state index is 12.2. The molecule has 0 saturated carbocycles. The van der Waals surface area contributed by atoms with E-state index in [-0.39, 0.29) is 11.2 Å². The van der Waals surface area contributed by atoms with E-state index in [1.54, 1.807) is 0 Å². The first-order valence-electron chi connectivity index (χ1n) is 6.62. The van der Waals surface area contributed by atoms with E-state index >= 15 is 0 Å². The number of rotatable bonds is 4. The number of Topliss-reactive ketones (excluding diaryl/α,β-unsaturated/α-hetero) is 1. The second-order valence-electron chi connectivity index (χ2n) is 6.05. The van der Waals surface area contributed by atoms with Gasteiger partial charge in [0, 0.05) is 12.0 Å². The Bertz CT molecular complexity index is 418. The van der Waals surface area contributed by atoms with Gasteiger partial charge in [-0.3, -0.25) is 4.79 Å². The highest BCUT2D eigenvalue weighted by Crippen LogP contribution is 2.27. The average molecular weight is 247 g/mol. The Morgan fingerprint density at radius 2 is 1.67 bits per heavy atom. The normalized spacial score (nSPS) is 11.7. The molecule has 2 nitrogen and oxygen atoms in total. The molecule has 0 fully saturated rings. The molecule has 0 atom stereocenters. The van der Waals surface area contributed by atoms with Gasteiger partial charge in [0.15, 0.2) is 5.78 Å². The van der Waals surface area contributed by atoms with Crippen molar-refractivity contribution < 1.29 is 4.79 Å². The third-order valence-corrected chi connectivity index (χ3v) is 3.29. The van der Waals surface area contributed by atoms with Crippen LogP contribution in [0.5, 0.6) is 0 Å². The van der Waals surface area contributed by atoms with Crippen LogP contribution in [0.15, 0.2) is 12.1 Å². The predicted octanol–water partition coefficient (Wildman–Crippen LogP) is 3.52. The lowest BCUT2D eigenvalue weighted by Crippen LogP contribution is -2.14. The maximum Gasteiger partial charge on any atom is 0.163 e. The molecule has 0 bridgehead atoms. The minimum Gasteiger partial charge on any atom is -0.330 e. The molecule has 0 aromatic heterocycles. The number of benzene rings is 1. The van der Waals surface area contributed by atoms with Gasteiger partial charge < -0.3 is 5.73 Å². The topological polar surface area (TPSA) is 43.1 Å². The van der Waals surface area contributed by atoms with Crippen LogP contribution < -0.4 is 5.73 Å². The fraction of sp³-hybridized carbons (Fsp3) is 0.562. The molecule has 0 aliphatic carbocycles. The molecular formula is C16H25NO. The lowest BCUT2D eigenvalue weighted by atomic mass is 9.83. The Hall–Kier alpha value is -1.15. The monoisotopic (exact) mass is 247 g/mol. The van der Waals surface area contributed by atoms with Gasteiger partial charge in [0.25, 0.3) is 0 Å². The molecule has 100 valence electrons. The van der Waals surface area contributed by atoms with Crippen LogP contribution in [0.2, 0.25) is 0 Å². The van der Waals surface area contributed by atoms with Crippen LogP contribution in [0.1, 0.15) is 60.7 Å². The van der Waals surface area contributed by atoms with E-state index in [1.807, 2.05) is 13.8 Å². The Balaban J connectivity index is 3.13. The molecule has 1 aromatic carbocycles. The van der Waals surface area contributed by atoms with Crippen molar-refractivity contribution in [2.75, 3.05) is 6.54 Å². The molecule has 1 rings (SSSR count). The van der Waals surface area contributed by atoms with E-state index in [1.165, 1.54) is 5.56 Å². The third-order valence-electron chi connectivity index (χ3n) is 3.29. The molecule has 2 heteroatoms. The summed E-state index contributed by atoms with van der Waals surface area (Å²) in [6.45, 7) is 11.2. The maximum atomic E-state index is 12.2. The second-order valence-corrected chi connectivity index (χ2v) is 6.05. The molecule has 0 aliphatic heterocycles. The van der Waals surface area contributed by atoms with Gasteiger partial charge in [-0.05, 0) is 48.9 Å². The molecule has 0 aliphatic rings. The molecule has 18 heavy (non-hydrogen) atoms. The van der Waals surface area contributed by atoms with Gasteiger partial charge in [0.05, 0.1) is 0 Å². The van der Waals surface area contributed by atoms with E-state index in [0.29, 0.717) is 13.0 Å². The van der Waals surface area contributed by atoms with E-state index in [4.69, 9.17) is 5.73 Å². The molecule has 0 saturated heterocycles. The molecular weight excluding hydrogens is 222 g/mol. The summed E-state index contributed by atoms with van der Waals surface area (Å²) in [5, 5.41) is 0. The number of aryl methyl sites for hydroxylation is 2. The summed E-state index contributed by atoms with van der Waals surface area (Å²) in [4.78, 5) is 12.2. The van der Waals surface area contributed by atoms with Crippen molar-refractivity contribution >= 4 is 5.78 Å². The number of nitrogens with two attached hydrogens (primary N) is 1. The highest BCUT2D eigenvalue weighted by molar-refractivity contribution is 5.98. The zero-order valence-corrected chi connectivity index (χ0v) is 12.3. The zero-order valence-electron chi connectivity index (χ0n) is 12.3. The van der Waals surface area contributed by atoms with Crippen molar-refractivity contribution in [1.82, 2.24) is 0 Å². The van der Waals surface area contributed by atoms with Crippen LogP contribution >= 0.6 is 0 Å². The third kappa shape index (κ3) is 3.42. The van der Waals surface area contributed by atoms with Crippen LogP contribution in [0.4, 0.5) is 0 Å². The quantitative estimate of drug-likeness (QED) is 0.827. The average Bonchev–Trinajstić information content (AvgIpc) is 2.24. The van der Waals surface area contributed by atoms with Crippen molar-refractivity contribution in [2.24, 2.45) is 5.73 Å². The molecule has 0 radical (unpaired) electrons. The molecule has 0 spiro atoms. The molecule has 2 N–H and O–H groups in total. The number of ketones is 1. The van der Waals surface area contributed by atoms with Crippen molar-refractivity contribution in [2.45, 2.75) is 52.9 Å². The van der Waals surface area contributed by atoms with E-state index < -0.39 is 0 Å². The first-order valence-corrected chi connectivity index (χ1v) is 6.62. The number of hydrogen-bond donors (Lipinski definition) is 1. The van der Waals surface area contributed by atoms with Gasteiger partial charge in [-0.1, -0.05) is 32.9 Å². The summed E-state index contributed by atoms with van der Waals surface area (Å²) < 4.78 is 0. The Kier molecular flexibility index (Phi) is 4.69. The van der Waals surface area contributed by atoms with Gasteiger partial charge in [-0.25, -0.2) is 0 Å². The second kappa shape index (κ2) is 5.66. The van der Waals surface area contributed by atoms with E-state index in [9.17, 15) is 4.79 Å². The van der Waals surface area contributed by atoms with Gasteiger partial charge in [-0.15, -0.1) is 0 Å². The highest BCUT2D eigenvalue weighted by Gasteiger charge is 2.18. The van der Waals surface area contributed by atoms with Crippen molar-refractivity contribution in [3.05, 3.63) is 34.4 Å². The smallest absolute Gasteiger partial charge is 0.163 e. The van der Waals surface area contributed by atoms with Crippen LogP contribution in [0.25, 0.3) is 0 Å². The molecule has 0 heterocycles. The summed E-state index contributed by atoms with van der Waals surface area (Å²) >= 11 is 0.